The van der Waals surface area contributed by atoms with Gasteiger partial charge in [-0.2, -0.15) is 0 Å². The van der Waals surface area contributed by atoms with Gasteiger partial charge < -0.3 is 10.1 Å². The maximum absolute atomic E-state index is 11.6. The van der Waals surface area contributed by atoms with Gasteiger partial charge in [-0.3, -0.25) is 4.90 Å². The molecule has 1 heterocycles. The van der Waals surface area contributed by atoms with Gasteiger partial charge in [0.2, 0.25) is 0 Å². The zero-order chi connectivity index (χ0) is 15.3. The second-order valence-electron chi connectivity index (χ2n) is 6.62. The molecule has 0 aliphatic carbocycles. The quantitative estimate of drug-likeness (QED) is 0.905. The van der Waals surface area contributed by atoms with Crippen molar-refractivity contribution < 1.29 is 9.53 Å². The van der Waals surface area contributed by atoms with E-state index in [1.165, 1.54) is 12.0 Å². The van der Waals surface area contributed by atoms with Gasteiger partial charge in [0.1, 0.15) is 5.60 Å². The Bertz CT molecular complexity index is 454. The van der Waals surface area contributed by atoms with Crippen LogP contribution in [0.5, 0.6) is 0 Å². The maximum Gasteiger partial charge on any atom is 0.407 e. The fourth-order valence-corrected chi connectivity index (χ4v) is 2.50. The summed E-state index contributed by atoms with van der Waals surface area (Å²) in [5, 5.41) is 2.83. The average molecular weight is 290 g/mol. The zero-order valence-electron chi connectivity index (χ0n) is 13.3. The summed E-state index contributed by atoms with van der Waals surface area (Å²) in [7, 11) is 0. The molecule has 4 nitrogen and oxygen atoms in total. The van der Waals surface area contributed by atoms with E-state index >= 15 is 0 Å². The summed E-state index contributed by atoms with van der Waals surface area (Å²) in [5.41, 5.74) is 0.919. The molecule has 0 saturated carbocycles. The Kier molecular flexibility index (Phi) is 5.23. The number of alkyl carbamates (subject to hydrolysis) is 1. The number of ether oxygens (including phenoxy) is 1. The highest BCUT2D eigenvalue weighted by atomic mass is 16.6. The van der Waals surface area contributed by atoms with E-state index in [1.807, 2.05) is 26.8 Å². The van der Waals surface area contributed by atoms with Crippen LogP contribution in [-0.2, 0) is 11.3 Å². The third kappa shape index (κ3) is 5.38. The third-order valence-corrected chi connectivity index (χ3v) is 3.64. The van der Waals surface area contributed by atoms with Crippen LogP contribution < -0.4 is 5.32 Å². The number of hydrogen-bond acceptors (Lipinski definition) is 3. The normalized spacial score (nSPS) is 18.9. The summed E-state index contributed by atoms with van der Waals surface area (Å²) in [6.45, 7) is 8.44. The summed E-state index contributed by atoms with van der Waals surface area (Å²) >= 11 is 0. The smallest absolute Gasteiger partial charge is 0.407 e. The molecule has 21 heavy (non-hydrogen) atoms. The van der Waals surface area contributed by atoms with Crippen molar-refractivity contribution in [2.24, 2.45) is 0 Å². The highest BCUT2D eigenvalue weighted by molar-refractivity contribution is 5.67. The van der Waals surface area contributed by atoms with Crippen LogP contribution in [0.15, 0.2) is 30.3 Å². The lowest BCUT2D eigenvalue weighted by atomic mass is 9.98. The number of likely N-dealkylation sites (tertiary alicyclic amines) is 1. The second kappa shape index (κ2) is 6.94. The van der Waals surface area contributed by atoms with Crippen molar-refractivity contribution in [2.75, 3.05) is 13.1 Å². The first-order valence-corrected chi connectivity index (χ1v) is 7.69. The molecule has 1 aromatic carbocycles. The van der Waals surface area contributed by atoms with Gasteiger partial charge in [-0.15, -0.1) is 0 Å². The standard InChI is InChI=1S/C17H26N2O2/c1-17(2,3)21-16(20)18-11-9-15-10-12-19(15)13-14-7-5-4-6-8-14/h4-8,15H,9-13H2,1-3H3,(H,18,20). The summed E-state index contributed by atoms with van der Waals surface area (Å²) in [6.07, 6.45) is 1.87. The van der Waals surface area contributed by atoms with Gasteiger partial charge in [0.15, 0.2) is 0 Å². The number of amides is 1. The molecule has 4 heteroatoms. The highest BCUT2D eigenvalue weighted by Gasteiger charge is 2.27. The number of nitrogens with one attached hydrogen (secondary N) is 1. The molecule has 1 atom stereocenters. The molecule has 0 bridgehead atoms. The number of carbonyl (C=O) groups excluding carboxylic acids is 1. The van der Waals surface area contributed by atoms with Crippen molar-refractivity contribution in [3.63, 3.8) is 0 Å². The SMILES string of the molecule is CC(C)(C)OC(=O)NCCC1CCN1Cc1ccccc1. The van der Waals surface area contributed by atoms with Crippen LogP contribution in [0.1, 0.15) is 39.2 Å². The molecule has 1 amide bonds. The molecule has 116 valence electrons. The van der Waals surface area contributed by atoms with Crippen molar-refractivity contribution >= 4 is 6.09 Å². The Morgan fingerprint density at radius 1 is 1.33 bits per heavy atom. The minimum absolute atomic E-state index is 0.323. The molecule has 1 aromatic rings. The van der Waals surface area contributed by atoms with Crippen LogP contribution in [0.4, 0.5) is 4.79 Å². The van der Waals surface area contributed by atoms with Crippen molar-refractivity contribution in [1.29, 1.82) is 0 Å². The first-order chi connectivity index (χ1) is 9.94. The summed E-state index contributed by atoms with van der Waals surface area (Å²) in [5.74, 6) is 0. The number of carbonyl (C=O) groups is 1. The van der Waals surface area contributed by atoms with E-state index in [0.29, 0.717) is 12.6 Å². The maximum atomic E-state index is 11.6. The molecule has 0 aromatic heterocycles. The van der Waals surface area contributed by atoms with Gasteiger partial charge in [0.05, 0.1) is 0 Å². The van der Waals surface area contributed by atoms with E-state index in [4.69, 9.17) is 4.74 Å². The van der Waals surface area contributed by atoms with Gasteiger partial charge in [-0.05, 0) is 39.2 Å². The molecular weight excluding hydrogens is 264 g/mol. The molecule has 1 unspecified atom stereocenters. The summed E-state index contributed by atoms with van der Waals surface area (Å²) in [4.78, 5) is 14.0. The fourth-order valence-electron chi connectivity index (χ4n) is 2.50. The number of hydrogen-bond donors (Lipinski definition) is 1. The Morgan fingerprint density at radius 3 is 2.62 bits per heavy atom. The number of rotatable bonds is 5. The Hall–Kier alpha value is -1.55. The number of nitrogens with zero attached hydrogens (tertiary/aromatic N) is 1. The first kappa shape index (κ1) is 15.8. The molecule has 1 N–H and O–H groups in total. The molecule has 0 radical (unpaired) electrons. The van der Waals surface area contributed by atoms with E-state index in [-0.39, 0.29) is 6.09 Å². The molecule has 2 rings (SSSR count). The van der Waals surface area contributed by atoms with E-state index < -0.39 is 5.60 Å². The van der Waals surface area contributed by atoms with Crippen LogP contribution in [-0.4, -0.2) is 35.7 Å². The van der Waals surface area contributed by atoms with Crippen LogP contribution in [0.25, 0.3) is 0 Å². The molecule has 0 spiro atoms. The van der Waals surface area contributed by atoms with Crippen molar-refractivity contribution in [2.45, 2.75) is 51.8 Å². The van der Waals surface area contributed by atoms with Crippen LogP contribution >= 0.6 is 0 Å². The van der Waals surface area contributed by atoms with Crippen LogP contribution in [0, 0.1) is 0 Å². The third-order valence-electron chi connectivity index (χ3n) is 3.64. The zero-order valence-corrected chi connectivity index (χ0v) is 13.3. The summed E-state index contributed by atoms with van der Waals surface area (Å²) < 4.78 is 5.23. The monoisotopic (exact) mass is 290 g/mol. The summed E-state index contributed by atoms with van der Waals surface area (Å²) in [6, 6.07) is 11.1. The van der Waals surface area contributed by atoms with E-state index in [0.717, 1.165) is 19.5 Å². The van der Waals surface area contributed by atoms with Gasteiger partial charge >= 0.3 is 6.09 Å². The molecule has 1 saturated heterocycles. The predicted molar refractivity (Wildman–Crippen MR) is 84.1 cm³/mol. The van der Waals surface area contributed by atoms with E-state index in [2.05, 4.69) is 34.5 Å². The Labute approximate surface area is 127 Å². The van der Waals surface area contributed by atoms with E-state index in [9.17, 15) is 4.79 Å². The molecule has 1 fully saturated rings. The highest BCUT2D eigenvalue weighted by Crippen LogP contribution is 2.22. The lowest BCUT2D eigenvalue weighted by Crippen LogP contribution is -2.48. The van der Waals surface area contributed by atoms with Crippen molar-refractivity contribution in [3.8, 4) is 0 Å². The predicted octanol–water partition coefficient (Wildman–Crippen LogP) is 3.18. The number of benzene rings is 1. The molecular formula is C17H26N2O2. The van der Waals surface area contributed by atoms with Gasteiger partial charge in [0.25, 0.3) is 0 Å². The van der Waals surface area contributed by atoms with Gasteiger partial charge in [-0.25, -0.2) is 4.79 Å². The molecule has 1 aliphatic rings. The minimum atomic E-state index is -0.431. The van der Waals surface area contributed by atoms with Crippen molar-refractivity contribution in [1.82, 2.24) is 10.2 Å². The fraction of sp³-hybridized carbons (Fsp3) is 0.588. The van der Waals surface area contributed by atoms with E-state index in [1.54, 1.807) is 0 Å². The van der Waals surface area contributed by atoms with Gasteiger partial charge in [0, 0.05) is 25.7 Å². The van der Waals surface area contributed by atoms with Crippen LogP contribution in [0.3, 0.4) is 0 Å². The Morgan fingerprint density at radius 2 is 2.05 bits per heavy atom. The van der Waals surface area contributed by atoms with Gasteiger partial charge in [-0.1, -0.05) is 30.3 Å². The topological polar surface area (TPSA) is 41.6 Å². The lowest BCUT2D eigenvalue weighted by Gasteiger charge is -2.41. The minimum Gasteiger partial charge on any atom is -0.444 e. The molecule has 1 aliphatic heterocycles. The van der Waals surface area contributed by atoms with Crippen molar-refractivity contribution in [3.05, 3.63) is 35.9 Å². The largest absolute Gasteiger partial charge is 0.444 e. The second-order valence-corrected chi connectivity index (χ2v) is 6.62. The van der Waals surface area contributed by atoms with Crippen LogP contribution in [0.2, 0.25) is 0 Å². The lowest BCUT2D eigenvalue weighted by molar-refractivity contribution is 0.0490. The first-order valence-electron chi connectivity index (χ1n) is 7.69. The Balaban J connectivity index is 1.66. The average Bonchev–Trinajstić information content (AvgIpc) is 2.39.